The standard InChI is InChI=1S/C17H17ClO5/c1-20-10-23-13-7-5-4-6-11(13)16(19)12-8-9-14(21-2)15(18)17(12)22-3/h4-9H,10H2,1-3H3. The monoisotopic (exact) mass is 336 g/mol. The molecule has 0 aliphatic heterocycles. The highest BCUT2D eigenvalue weighted by atomic mass is 35.5. The van der Waals surface area contributed by atoms with Gasteiger partial charge < -0.3 is 18.9 Å². The molecular formula is C17H17ClO5. The Morgan fingerprint density at radius 2 is 1.70 bits per heavy atom. The smallest absolute Gasteiger partial charge is 0.200 e. The lowest BCUT2D eigenvalue weighted by atomic mass is 10.0. The molecule has 2 aromatic rings. The van der Waals surface area contributed by atoms with Gasteiger partial charge >= 0.3 is 0 Å². The maximum atomic E-state index is 12.9. The van der Waals surface area contributed by atoms with Crippen LogP contribution in [0, 0.1) is 0 Å². The number of para-hydroxylation sites is 1. The van der Waals surface area contributed by atoms with Crippen molar-refractivity contribution in [3.8, 4) is 17.2 Å². The number of carbonyl (C=O) groups is 1. The van der Waals surface area contributed by atoms with E-state index in [1.54, 1.807) is 36.4 Å². The summed E-state index contributed by atoms with van der Waals surface area (Å²) >= 11 is 6.22. The first-order chi connectivity index (χ1) is 11.1. The van der Waals surface area contributed by atoms with Gasteiger partial charge in [0.15, 0.2) is 12.5 Å². The van der Waals surface area contributed by atoms with Crippen molar-refractivity contribution in [1.82, 2.24) is 0 Å². The second-order valence-electron chi connectivity index (χ2n) is 4.54. The highest BCUT2D eigenvalue weighted by molar-refractivity contribution is 6.34. The van der Waals surface area contributed by atoms with Gasteiger partial charge in [-0.1, -0.05) is 23.7 Å². The van der Waals surface area contributed by atoms with Gasteiger partial charge in [0.2, 0.25) is 5.78 Å². The van der Waals surface area contributed by atoms with E-state index in [1.165, 1.54) is 21.3 Å². The van der Waals surface area contributed by atoms with Crippen molar-refractivity contribution in [2.24, 2.45) is 0 Å². The number of hydrogen-bond donors (Lipinski definition) is 0. The molecule has 0 atom stereocenters. The number of halogens is 1. The minimum Gasteiger partial charge on any atom is -0.495 e. The predicted octanol–water partition coefficient (Wildman–Crippen LogP) is 3.57. The largest absolute Gasteiger partial charge is 0.495 e. The summed E-state index contributed by atoms with van der Waals surface area (Å²) in [7, 11) is 4.46. The van der Waals surface area contributed by atoms with Crippen molar-refractivity contribution in [1.29, 1.82) is 0 Å². The summed E-state index contributed by atoms with van der Waals surface area (Å²) in [5, 5.41) is 0.246. The average molecular weight is 337 g/mol. The molecule has 122 valence electrons. The highest BCUT2D eigenvalue weighted by Crippen LogP contribution is 2.38. The zero-order valence-corrected chi connectivity index (χ0v) is 13.8. The van der Waals surface area contributed by atoms with Crippen LogP contribution in [0.5, 0.6) is 17.2 Å². The summed E-state index contributed by atoms with van der Waals surface area (Å²) in [5.41, 5.74) is 0.718. The Bertz CT molecular complexity index is 699. The lowest BCUT2D eigenvalue weighted by Gasteiger charge is -2.14. The van der Waals surface area contributed by atoms with E-state index in [4.69, 9.17) is 30.5 Å². The average Bonchev–Trinajstić information content (AvgIpc) is 2.59. The lowest BCUT2D eigenvalue weighted by molar-refractivity contribution is 0.0503. The second kappa shape index (κ2) is 7.85. The Balaban J connectivity index is 2.47. The van der Waals surface area contributed by atoms with E-state index in [9.17, 15) is 4.79 Å². The Hall–Kier alpha value is -2.24. The molecule has 0 aliphatic rings. The molecule has 2 rings (SSSR count). The molecule has 0 heterocycles. The van der Waals surface area contributed by atoms with E-state index in [0.717, 1.165) is 0 Å². The Morgan fingerprint density at radius 1 is 0.957 bits per heavy atom. The number of ketones is 1. The summed E-state index contributed by atoms with van der Waals surface area (Å²) in [4.78, 5) is 12.9. The van der Waals surface area contributed by atoms with Crippen molar-refractivity contribution in [3.05, 3.63) is 52.5 Å². The van der Waals surface area contributed by atoms with Gasteiger partial charge in [-0.25, -0.2) is 0 Å². The fourth-order valence-electron chi connectivity index (χ4n) is 2.12. The predicted molar refractivity (Wildman–Crippen MR) is 86.9 cm³/mol. The quantitative estimate of drug-likeness (QED) is 0.571. The molecule has 0 aliphatic carbocycles. The van der Waals surface area contributed by atoms with Crippen LogP contribution < -0.4 is 14.2 Å². The van der Waals surface area contributed by atoms with E-state index < -0.39 is 0 Å². The van der Waals surface area contributed by atoms with Crippen LogP contribution in [-0.2, 0) is 4.74 Å². The molecule has 0 saturated heterocycles. The normalized spacial score (nSPS) is 10.3. The third-order valence-corrected chi connectivity index (χ3v) is 3.55. The number of benzene rings is 2. The van der Waals surface area contributed by atoms with Crippen LogP contribution in [0.3, 0.4) is 0 Å². The van der Waals surface area contributed by atoms with Gasteiger partial charge in [-0.15, -0.1) is 0 Å². The van der Waals surface area contributed by atoms with Gasteiger partial charge in [-0.05, 0) is 24.3 Å². The van der Waals surface area contributed by atoms with Crippen molar-refractivity contribution in [3.63, 3.8) is 0 Å². The lowest BCUT2D eigenvalue weighted by Crippen LogP contribution is -2.09. The Morgan fingerprint density at radius 3 is 2.35 bits per heavy atom. The molecule has 0 aromatic heterocycles. The van der Waals surface area contributed by atoms with Crippen LogP contribution in [0.4, 0.5) is 0 Å². The Labute approximate surface area is 139 Å². The molecular weight excluding hydrogens is 320 g/mol. The van der Waals surface area contributed by atoms with E-state index in [0.29, 0.717) is 22.6 Å². The molecule has 0 saturated carbocycles. The third-order valence-electron chi connectivity index (χ3n) is 3.19. The molecule has 2 aromatic carbocycles. The molecule has 0 spiro atoms. The Kier molecular flexibility index (Phi) is 5.84. The molecule has 23 heavy (non-hydrogen) atoms. The minimum atomic E-state index is -0.266. The van der Waals surface area contributed by atoms with Crippen molar-refractivity contribution >= 4 is 17.4 Å². The molecule has 0 unspecified atom stereocenters. The first-order valence-corrected chi connectivity index (χ1v) is 7.17. The summed E-state index contributed by atoms with van der Waals surface area (Å²) in [5.74, 6) is 0.855. The van der Waals surface area contributed by atoms with Gasteiger partial charge in [0.1, 0.15) is 16.5 Å². The van der Waals surface area contributed by atoms with Crippen LogP contribution in [0.15, 0.2) is 36.4 Å². The molecule has 0 radical (unpaired) electrons. The highest BCUT2D eigenvalue weighted by Gasteiger charge is 2.22. The zero-order chi connectivity index (χ0) is 16.8. The first-order valence-electron chi connectivity index (χ1n) is 6.80. The van der Waals surface area contributed by atoms with Gasteiger partial charge in [0, 0.05) is 7.11 Å². The first kappa shape index (κ1) is 17.1. The molecule has 0 N–H and O–H groups in total. The number of carbonyl (C=O) groups excluding carboxylic acids is 1. The van der Waals surface area contributed by atoms with Crippen molar-refractivity contribution in [2.45, 2.75) is 0 Å². The van der Waals surface area contributed by atoms with Crippen LogP contribution >= 0.6 is 11.6 Å². The van der Waals surface area contributed by atoms with E-state index >= 15 is 0 Å². The van der Waals surface area contributed by atoms with E-state index in [2.05, 4.69) is 0 Å². The number of ether oxygens (including phenoxy) is 4. The van der Waals surface area contributed by atoms with Gasteiger partial charge in [0.05, 0.1) is 25.3 Å². The van der Waals surface area contributed by atoms with Crippen LogP contribution in [-0.4, -0.2) is 33.9 Å². The molecule has 5 nitrogen and oxygen atoms in total. The minimum absolute atomic E-state index is 0.0464. The van der Waals surface area contributed by atoms with Crippen LogP contribution in [0.25, 0.3) is 0 Å². The van der Waals surface area contributed by atoms with Crippen molar-refractivity contribution < 1.29 is 23.7 Å². The SMILES string of the molecule is COCOc1ccccc1C(=O)c1ccc(OC)c(Cl)c1OC. The maximum Gasteiger partial charge on any atom is 0.200 e. The fraction of sp³-hybridized carbons (Fsp3) is 0.235. The maximum absolute atomic E-state index is 12.9. The van der Waals surface area contributed by atoms with E-state index in [1.807, 2.05) is 0 Å². The number of methoxy groups -OCH3 is 3. The second-order valence-corrected chi connectivity index (χ2v) is 4.92. The van der Waals surface area contributed by atoms with Gasteiger partial charge in [0.25, 0.3) is 0 Å². The molecule has 6 heteroatoms. The van der Waals surface area contributed by atoms with Crippen molar-refractivity contribution in [2.75, 3.05) is 28.1 Å². The molecule has 0 amide bonds. The number of rotatable bonds is 7. The fourth-order valence-corrected chi connectivity index (χ4v) is 2.44. The van der Waals surface area contributed by atoms with Crippen LogP contribution in [0.1, 0.15) is 15.9 Å². The molecule has 0 bridgehead atoms. The summed E-state index contributed by atoms with van der Waals surface area (Å²) < 4.78 is 20.7. The number of hydrogen-bond acceptors (Lipinski definition) is 5. The topological polar surface area (TPSA) is 54.0 Å². The summed E-state index contributed by atoms with van der Waals surface area (Å²) in [6.07, 6.45) is 0. The van der Waals surface area contributed by atoms with Crippen LogP contribution in [0.2, 0.25) is 5.02 Å². The zero-order valence-electron chi connectivity index (χ0n) is 13.1. The molecule has 0 fully saturated rings. The summed E-state index contributed by atoms with van der Waals surface area (Å²) in [6, 6.07) is 10.1. The third kappa shape index (κ3) is 3.57. The van der Waals surface area contributed by atoms with E-state index in [-0.39, 0.29) is 23.3 Å². The summed E-state index contributed by atoms with van der Waals surface area (Å²) in [6.45, 7) is 0.0464. The van der Waals surface area contributed by atoms with Gasteiger partial charge in [-0.3, -0.25) is 4.79 Å². The van der Waals surface area contributed by atoms with Gasteiger partial charge in [-0.2, -0.15) is 0 Å².